The summed E-state index contributed by atoms with van der Waals surface area (Å²) in [6, 6.07) is 95.8. The fourth-order valence-electron chi connectivity index (χ4n) is 11.8. The maximum atomic E-state index is 2.46. The maximum absolute atomic E-state index is 2.46. The van der Waals surface area contributed by atoms with Crippen molar-refractivity contribution >= 4 is 60.7 Å². The Balaban J connectivity index is 0.846. The second kappa shape index (κ2) is 16.5. The van der Waals surface area contributed by atoms with Crippen LogP contribution < -0.4 is 4.90 Å². The zero-order chi connectivity index (χ0) is 47.9. The monoisotopic (exact) mass is 919 g/mol. The van der Waals surface area contributed by atoms with Gasteiger partial charge < -0.3 is 14.0 Å². The molecule has 0 fully saturated rings. The molecule has 3 nitrogen and oxygen atoms in total. The number of fused-ring (bicyclic) bond motifs is 9. The van der Waals surface area contributed by atoms with Gasteiger partial charge in [-0.15, -0.1) is 0 Å². The lowest BCUT2D eigenvalue weighted by Gasteiger charge is -2.29. The predicted octanol–water partition coefficient (Wildman–Crippen LogP) is 18.7. The molecule has 0 N–H and O–H groups in total. The third-order valence-electron chi connectivity index (χ3n) is 15.4. The second-order valence-electron chi connectivity index (χ2n) is 19.7. The molecule has 0 spiro atoms. The van der Waals surface area contributed by atoms with E-state index in [9.17, 15) is 0 Å². The van der Waals surface area contributed by atoms with Crippen LogP contribution in [0.3, 0.4) is 0 Å². The van der Waals surface area contributed by atoms with Crippen molar-refractivity contribution in [2.24, 2.45) is 0 Å². The molecule has 0 radical (unpaired) electrons. The molecule has 3 heteroatoms. The normalized spacial score (nSPS) is 12.7. The Labute approximate surface area is 419 Å². The van der Waals surface area contributed by atoms with Crippen LogP contribution >= 0.6 is 0 Å². The van der Waals surface area contributed by atoms with Gasteiger partial charge in [0.1, 0.15) is 0 Å². The lowest BCUT2D eigenvalue weighted by Crippen LogP contribution is -2.16. The molecule has 2 heterocycles. The summed E-state index contributed by atoms with van der Waals surface area (Å²) in [6.07, 6.45) is 0. The minimum atomic E-state index is -0.193. The van der Waals surface area contributed by atoms with E-state index in [-0.39, 0.29) is 5.41 Å². The molecule has 72 heavy (non-hydrogen) atoms. The Kier molecular flexibility index (Phi) is 9.56. The van der Waals surface area contributed by atoms with Gasteiger partial charge in [-0.05, 0) is 135 Å². The van der Waals surface area contributed by atoms with E-state index < -0.39 is 0 Å². The van der Waals surface area contributed by atoms with Gasteiger partial charge in [0.2, 0.25) is 0 Å². The molecule has 14 rings (SSSR count). The fraction of sp³-hybridized carbons (Fsp3) is 0.0435. The largest absolute Gasteiger partial charge is 0.310 e. The first-order chi connectivity index (χ1) is 35.5. The molecule has 0 aliphatic heterocycles. The van der Waals surface area contributed by atoms with Crippen LogP contribution in [-0.2, 0) is 5.41 Å². The van der Waals surface area contributed by atoms with E-state index in [1.165, 1.54) is 105 Å². The third-order valence-corrected chi connectivity index (χ3v) is 15.4. The molecule has 0 bridgehead atoms. The van der Waals surface area contributed by atoms with Gasteiger partial charge in [-0.3, -0.25) is 0 Å². The molecule has 11 aromatic carbocycles. The van der Waals surface area contributed by atoms with Crippen molar-refractivity contribution in [3.63, 3.8) is 0 Å². The van der Waals surface area contributed by atoms with Crippen molar-refractivity contribution in [3.05, 3.63) is 272 Å². The van der Waals surface area contributed by atoms with E-state index in [2.05, 4.69) is 289 Å². The zero-order valence-electron chi connectivity index (χ0n) is 40.2. The molecule has 1 aliphatic carbocycles. The van der Waals surface area contributed by atoms with Crippen LogP contribution in [0.4, 0.5) is 17.1 Å². The topological polar surface area (TPSA) is 13.1 Å². The number of rotatable bonds is 8. The molecule has 0 saturated heterocycles. The summed E-state index contributed by atoms with van der Waals surface area (Å²) in [5, 5.41) is 5.07. The van der Waals surface area contributed by atoms with Crippen molar-refractivity contribution in [2.75, 3.05) is 4.90 Å². The van der Waals surface area contributed by atoms with Crippen LogP contribution in [0.15, 0.2) is 261 Å². The van der Waals surface area contributed by atoms with Gasteiger partial charge in [-0.25, -0.2) is 0 Å². The van der Waals surface area contributed by atoms with Crippen molar-refractivity contribution in [3.8, 4) is 55.9 Å². The molecule has 0 atom stereocenters. The smallest absolute Gasteiger partial charge is 0.0543 e. The number of nitrogens with zero attached hydrogens (tertiary/aromatic N) is 3. The van der Waals surface area contributed by atoms with Gasteiger partial charge in [0.25, 0.3) is 0 Å². The highest BCUT2D eigenvalue weighted by molar-refractivity contribution is 6.10. The van der Waals surface area contributed by atoms with Gasteiger partial charge in [-0.2, -0.15) is 0 Å². The third kappa shape index (κ3) is 6.58. The summed E-state index contributed by atoms with van der Waals surface area (Å²) in [6.45, 7) is 4.76. The molecular weight excluding hydrogens is 871 g/mol. The van der Waals surface area contributed by atoms with Crippen LogP contribution in [0.5, 0.6) is 0 Å². The Morgan fingerprint density at radius 2 is 0.681 bits per heavy atom. The number of anilines is 3. The Bertz CT molecular complexity index is 3890. The maximum Gasteiger partial charge on any atom is 0.0543 e. The van der Waals surface area contributed by atoms with E-state index in [0.717, 1.165) is 22.7 Å². The number of aromatic nitrogens is 2. The average Bonchev–Trinajstić information content (AvgIpc) is 4.05. The first-order valence-electron chi connectivity index (χ1n) is 25.0. The number of benzene rings is 11. The predicted molar refractivity (Wildman–Crippen MR) is 304 cm³/mol. The van der Waals surface area contributed by atoms with Gasteiger partial charge in [0.15, 0.2) is 0 Å². The van der Waals surface area contributed by atoms with E-state index in [0.29, 0.717) is 0 Å². The van der Waals surface area contributed by atoms with Crippen molar-refractivity contribution in [2.45, 2.75) is 19.3 Å². The van der Waals surface area contributed by atoms with E-state index >= 15 is 0 Å². The molecule has 2 aromatic heterocycles. The van der Waals surface area contributed by atoms with Crippen LogP contribution in [-0.4, -0.2) is 9.13 Å². The van der Waals surface area contributed by atoms with Gasteiger partial charge >= 0.3 is 0 Å². The Hall–Kier alpha value is -9.18. The van der Waals surface area contributed by atoms with Crippen molar-refractivity contribution in [1.82, 2.24) is 9.13 Å². The summed E-state index contributed by atoms with van der Waals surface area (Å²) < 4.78 is 4.76. The summed E-state index contributed by atoms with van der Waals surface area (Å²) in [7, 11) is 0. The molecule has 340 valence electrons. The summed E-state index contributed by atoms with van der Waals surface area (Å²) in [5.41, 5.74) is 22.8. The highest BCUT2D eigenvalue weighted by Gasteiger charge is 2.38. The van der Waals surface area contributed by atoms with E-state index in [1.807, 2.05) is 0 Å². The second-order valence-corrected chi connectivity index (χ2v) is 19.7. The zero-order valence-corrected chi connectivity index (χ0v) is 40.2. The molecule has 0 amide bonds. The van der Waals surface area contributed by atoms with Crippen molar-refractivity contribution in [1.29, 1.82) is 0 Å². The SMILES string of the molecule is CC1(C)c2cc(-c3ccccc3)ccc2-c2c(N(c3ccc(-c4ccc(-n5c6ccccc6c6ccccc65)cc4)cc3)c3ccc(-c4ccc(-n5c6ccccc6c6ccccc65)cc4)cc3)cccc21. The Morgan fingerprint density at radius 3 is 1.12 bits per heavy atom. The minimum absolute atomic E-state index is 0.193. The number of para-hydroxylation sites is 4. The number of hydrogen-bond acceptors (Lipinski definition) is 1. The average molecular weight is 920 g/mol. The van der Waals surface area contributed by atoms with E-state index in [1.54, 1.807) is 0 Å². The fourth-order valence-corrected chi connectivity index (χ4v) is 11.8. The van der Waals surface area contributed by atoms with E-state index in [4.69, 9.17) is 0 Å². The molecule has 13 aromatic rings. The highest BCUT2D eigenvalue weighted by atomic mass is 15.1. The first kappa shape index (κ1) is 41.8. The molecule has 0 unspecified atom stereocenters. The van der Waals surface area contributed by atoms with Gasteiger partial charge in [0, 0.05) is 55.3 Å². The lowest BCUT2D eigenvalue weighted by molar-refractivity contribution is 0.660. The van der Waals surface area contributed by atoms with Gasteiger partial charge in [-0.1, -0.05) is 190 Å². The lowest BCUT2D eigenvalue weighted by atomic mass is 9.81. The summed E-state index contributed by atoms with van der Waals surface area (Å²) in [4.78, 5) is 2.46. The summed E-state index contributed by atoms with van der Waals surface area (Å²) in [5.74, 6) is 0. The van der Waals surface area contributed by atoms with Gasteiger partial charge in [0.05, 0.1) is 27.8 Å². The molecular formula is C69H49N3. The molecule has 1 aliphatic rings. The highest BCUT2D eigenvalue weighted by Crippen LogP contribution is 2.55. The molecule has 0 saturated carbocycles. The standard InChI is InChI=1S/C69H49N3/c1-69(2)61-21-14-26-67(68(61)60-44-35-51(45-62(60)69)46-15-4-3-5-16-46)70(52-36-27-47(28-37-52)49-31-40-54(41-32-49)71-63-22-10-6-17-56(63)57-18-7-11-23-64(57)71)53-38-29-48(30-39-53)50-33-42-55(43-34-50)72-65-24-12-8-19-58(65)59-20-9-13-25-66(59)72/h3-45H,1-2H3. The quantitative estimate of drug-likeness (QED) is 0.148. The van der Waals surface area contributed by atoms with Crippen LogP contribution in [0.25, 0.3) is 99.5 Å². The van der Waals surface area contributed by atoms with Crippen LogP contribution in [0, 0.1) is 0 Å². The van der Waals surface area contributed by atoms with Crippen LogP contribution in [0.2, 0.25) is 0 Å². The Morgan fingerprint density at radius 1 is 0.306 bits per heavy atom. The summed E-state index contributed by atoms with van der Waals surface area (Å²) >= 11 is 0. The van der Waals surface area contributed by atoms with Crippen LogP contribution in [0.1, 0.15) is 25.0 Å². The van der Waals surface area contributed by atoms with Crippen molar-refractivity contribution < 1.29 is 0 Å². The first-order valence-corrected chi connectivity index (χ1v) is 25.0. The number of hydrogen-bond donors (Lipinski definition) is 0. The minimum Gasteiger partial charge on any atom is -0.310 e.